The lowest BCUT2D eigenvalue weighted by Crippen LogP contribution is -2.37. The Kier molecular flexibility index (Phi) is 4.15. The lowest BCUT2D eigenvalue weighted by Gasteiger charge is -2.22. The van der Waals surface area contributed by atoms with E-state index >= 15 is 0 Å². The Morgan fingerprint density at radius 1 is 1.47 bits per heavy atom. The molecule has 0 amide bonds. The van der Waals surface area contributed by atoms with Crippen LogP contribution in [0.15, 0.2) is 12.1 Å². The highest BCUT2D eigenvalue weighted by atomic mass is 35.5. The number of rotatable bonds is 4. The molecule has 0 spiro atoms. The molecular weight excluding hydrogens is 295 g/mol. The third-order valence-electron chi connectivity index (χ3n) is 2.91. The molecule has 1 aromatic carbocycles. The lowest BCUT2D eigenvalue weighted by molar-refractivity contribution is -0.384. The van der Waals surface area contributed by atoms with Crippen LogP contribution in [0.5, 0.6) is 0 Å². The van der Waals surface area contributed by atoms with Crippen molar-refractivity contribution in [1.29, 1.82) is 0 Å². The highest BCUT2D eigenvalue weighted by molar-refractivity contribution is 6.39. The second-order valence-electron chi connectivity index (χ2n) is 4.42. The number of hydrogen-bond acceptors (Lipinski definition) is 5. The predicted molar refractivity (Wildman–Crippen MR) is 72.0 cm³/mol. The molecule has 1 saturated heterocycles. The Bertz CT molecular complexity index is 480. The molecule has 1 fully saturated rings. The van der Waals surface area contributed by atoms with Crippen LogP contribution < -0.4 is 5.32 Å². The summed E-state index contributed by atoms with van der Waals surface area (Å²) in [7, 11) is 0. The zero-order valence-corrected chi connectivity index (χ0v) is 11.4. The fourth-order valence-corrected chi connectivity index (χ4v) is 2.43. The van der Waals surface area contributed by atoms with Crippen molar-refractivity contribution in [3.63, 3.8) is 0 Å². The van der Waals surface area contributed by atoms with Crippen molar-refractivity contribution in [3.8, 4) is 0 Å². The number of nitro benzene ring substituents is 1. The molecule has 8 heteroatoms. The van der Waals surface area contributed by atoms with E-state index < -0.39 is 10.5 Å². The highest BCUT2D eigenvalue weighted by Gasteiger charge is 2.32. The first-order chi connectivity index (χ1) is 8.91. The van der Waals surface area contributed by atoms with E-state index in [9.17, 15) is 15.2 Å². The minimum absolute atomic E-state index is 0.140. The Morgan fingerprint density at radius 2 is 2.11 bits per heavy atom. The van der Waals surface area contributed by atoms with Gasteiger partial charge < -0.3 is 15.2 Å². The molecule has 0 aliphatic carbocycles. The van der Waals surface area contributed by atoms with Gasteiger partial charge in [-0.1, -0.05) is 23.2 Å². The molecule has 0 saturated carbocycles. The largest absolute Gasteiger partial charge is 0.386 e. The average Bonchev–Trinajstić information content (AvgIpc) is 2.75. The van der Waals surface area contributed by atoms with Crippen LogP contribution in [-0.4, -0.2) is 35.4 Å². The fraction of sp³-hybridized carbons (Fsp3) is 0.455. The minimum atomic E-state index is -0.964. The Labute approximate surface area is 119 Å². The molecule has 1 heterocycles. The van der Waals surface area contributed by atoms with E-state index in [0.717, 1.165) is 0 Å². The molecule has 1 aliphatic rings. The first kappa shape index (κ1) is 14.3. The molecule has 19 heavy (non-hydrogen) atoms. The van der Waals surface area contributed by atoms with Crippen LogP contribution in [0, 0.1) is 10.1 Å². The standard InChI is InChI=1S/C11H12Cl2N2O4/c12-8-3-7(15(17)18)4-9(13)10(8)14-5-11(16)1-2-19-6-11/h3-4,14,16H,1-2,5-6H2. The summed E-state index contributed by atoms with van der Waals surface area (Å²) in [4.78, 5) is 10.1. The van der Waals surface area contributed by atoms with E-state index in [2.05, 4.69) is 5.32 Å². The van der Waals surface area contributed by atoms with Gasteiger partial charge in [0.05, 0.1) is 27.3 Å². The zero-order chi connectivity index (χ0) is 14.0. The van der Waals surface area contributed by atoms with Crippen LogP contribution in [0.4, 0.5) is 11.4 Å². The molecule has 0 radical (unpaired) electrons. The number of ether oxygens (including phenoxy) is 1. The van der Waals surface area contributed by atoms with Gasteiger partial charge in [0.15, 0.2) is 0 Å². The summed E-state index contributed by atoms with van der Waals surface area (Å²) in [5.41, 5.74) is -0.772. The minimum Gasteiger partial charge on any atom is -0.386 e. The van der Waals surface area contributed by atoms with Crippen molar-refractivity contribution in [2.75, 3.05) is 25.1 Å². The van der Waals surface area contributed by atoms with Gasteiger partial charge in [0.1, 0.15) is 5.60 Å². The Morgan fingerprint density at radius 3 is 2.58 bits per heavy atom. The van der Waals surface area contributed by atoms with Crippen LogP contribution in [0.3, 0.4) is 0 Å². The summed E-state index contributed by atoms with van der Waals surface area (Å²) in [6.07, 6.45) is 0.516. The van der Waals surface area contributed by atoms with Crippen LogP contribution in [0.25, 0.3) is 0 Å². The summed E-state index contributed by atoms with van der Waals surface area (Å²) >= 11 is 11.9. The number of non-ortho nitro benzene ring substituents is 1. The summed E-state index contributed by atoms with van der Waals surface area (Å²) in [6.45, 7) is 0.951. The van der Waals surface area contributed by atoms with Crippen LogP contribution in [0.2, 0.25) is 10.0 Å². The van der Waals surface area contributed by atoms with Crippen molar-refractivity contribution in [3.05, 3.63) is 32.3 Å². The molecule has 6 nitrogen and oxygen atoms in total. The highest BCUT2D eigenvalue weighted by Crippen LogP contribution is 2.35. The van der Waals surface area contributed by atoms with E-state index in [4.69, 9.17) is 27.9 Å². The topological polar surface area (TPSA) is 84.6 Å². The van der Waals surface area contributed by atoms with Crippen LogP contribution >= 0.6 is 23.2 Å². The normalized spacial score (nSPS) is 22.5. The van der Waals surface area contributed by atoms with Crippen molar-refractivity contribution in [2.24, 2.45) is 0 Å². The van der Waals surface area contributed by atoms with E-state index in [1.807, 2.05) is 0 Å². The van der Waals surface area contributed by atoms with E-state index in [0.29, 0.717) is 18.7 Å². The van der Waals surface area contributed by atoms with Crippen molar-refractivity contribution in [2.45, 2.75) is 12.0 Å². The van der Waals surface area contributed by atoms with Crippen molar-refractivity contribution < 1.29 is 14.8 Å². The zero-order valence-electron chi connectivity index (χ0n) is 9.86. The number of nitrogens with one attached hydrogen (secondary N) is 1. The monoisotopic (exact) mass is 306 g/mol. The first-order valence-corrected chi connectivity index (χ1v) is 6.34. The molecule has 0 aromatic heterocycles. The van der Waals surface area contributed by atoms with Gasteiger partial charge in [-0.25, -0.2) is 0 Å². The van der Waals surface area contributed by atoms with Crippen molar-refractivity contribution in [1.82, 2.24) is 0 Å². The fourth-order valence-electron chi connectivity index (χ4n) is 1.82. The number of nitrogens with zero attached hydrogens (tertiary/aromatic N) is 1. The molecule has 1 aliphatic heterocycles. The van der Waals surface area contributed by atoms with E-state index in [1.54, 1.807) is 0 Å². The summed E-state index contributed by atoms with van der Waals surface area (Å²) in [5, 5.41) is 23.9. The van der Waals surface area contributed by atoms with Gasteiger partial charge in [-0.3, -0.25) is 10.1 Å². The van der Waals surface area contributed by atoms with Gasteiger partial charge in [-0.15, -0.1) is 0 Å². The molecule has 2 rings (SSSR count). The number of anilines is 1. The van der Waals surface area contributed by atoms with Gasteiger partial charge in [0.2, 0.25) is 0 Å². The molecule has 2 N–H and O–H groups in total. The second-order valence-corrected chi connectivity index (χ2v) is 5.24. The molecule has 104 valence electrons. The summed E-state index contributed by atoms with van der Waals surface area (Å²) < 4.78 is 5.11. The number of hydrogen-bond donors (Lipinski definition) is 2. The average molecular weight is 307 g/mol. The van der Waals surface area contributed by atoms with Gasteiger partial charge in [0, 0.05) is 31.7 Å². The second kappa shape index (κ2) is 5.50. The molecular formula is C11H12Cl2N2O4. The van der Waals surface area contributed by atoms with Gasteiger partial charge in [0.25, 0.3) is 5.69 Å². The number of nitro groups is 1. The Balaban J connectivity index is 2.14. The lowest BCUT2D eigenvalue weighted by atomic mass is 10.0. The maximum absolute atomic E-state index is 10.6. The van der Waals surface area contributed by atoms with Gasteiger partial charge in [-0.05, 0) is 0 Å². The maximum atomic E-state index is 10.6. The predicted octanol–water partition coefficient (Wildman–Crippen LogP) is 2.46. The third kappa shape index (κ3) is 3.27. The quantitative estimate of drug-likeness (QED) is 0.659. The smallest absolute Gasteiger partial charge is 0.272 e. The SMILES string of the molecule is O=[N+]([O-])c1cc(Cl)c(NCC2(O)CCOC2)c(Cl)c1. The summed E-state index contributed by atoms with van der Waals surface area (Å²) in [6, 6.07) is 2.43. The maximum Gasteiger partial charge on any atom is 0.272 e. The van der Waals surface area contributed by atoms with Crippen molar-refractivity contribution >= 4 is 34.6 Å². The molecule has 1 aromatic rings. The number of aliphatic hydroxyl groups is 1. The number of halogens is 2. The van der Waals surface area contributed by atoms with Crippen LogP contribution in [0.1, 0.15) is 6.42 Å². The molecule has 1 unspecified atom stereocenters. The van der Waals surface area contributed by atoms with Crippen LogP contribution in [-0.2, 0) is 4.74 Å². The molecule has 1 atom stereocenters. The first-order valence-electron chi connectivity index (χ1n) is 5.59. The van der Waals surface area contributed by atoms with E-state index in [1.165, 1.54) is 12.1 Å². The molecule has 0 bridgehead atoms. The third-order valence-corrected chi connectivity index (χ3v) is 3.51. The van der Waals surface area contributed by atoms with Gasteiger partial charge >= 0.3 is 0 Å². The van der Waals surface area contributed by atoms with Gasteiger partial charge in [-0.2, -0.15) is 0 Å². The van der Waals surface area contributed by atoms with E-state index in [-0.39, 0.29) is 28.9 Å². The Hall–Kier alpha value is -1.08. The summed E-state index contributed by atoms with van der Waals surface area (Å²) in [5.74, 6) is 0. The number of benzene rings is 1.